The molecule has 0 aromatic heterocycles. The average Bonchev–Trinajstić information content (AvgIpc) is 2.74. The number of ether oxygens (including phenoxy) is 1. The van der Waals surface area contributed by atoms with Crippen molar-refractivity contribution in [2.45, 2.75) is 25.2 Å². The quantitative estimate of drug-likeness (QED) is 0.687. The lowest BCUT2D eigenvalue weighted by atomic mass is 10.0. The summed E-state index contributed by atoms with van der Waals surface area (Å²) in [6, 6.07) is 4.41. The molecule has 31 heavy (non-hydrogen) atoms. The maximum absolute atomic E-state index is 13.0. The van der Waals surface area contributed by atoms with Gasteiger partial charge in [0.2, 0.25) is 11.8 Å². The largest absolute Gasteiger partial charge is 0.416 e. The normalized spacial score (nSPS) is 21.2. The summed E-state index contributed by atoms with van der Waals surface area (Å²) in [5.41, 5.74) is -0.251. The maximum atomic E-state index is 13.0. The first-order valence-electron chi connectivity index (χ1n) is 10.4. The number of rotatable bonds is 7. The molecule has 1 atom stereocenters. The van der Waals surface area contributed by atoms with Crippen molar-refractivity contribution in [1.82, 2.24) is 20.0 Å². The van der Waals surface area contributed by atoms with E-state index in [1.54, 1.807) is 23.0 Å². The van der Waals surface area contributed by atoms with Gasteiger partial charge in [0, 0.05) is 59.5 Å². The van der Waals surface area contributed by atoms with Crippen LogP contribution in [0.4, 0.5) is 13.2 Å². The summed E-state index contributed by atoms with van der Waals surface area (Å²) in [6.45, 7) is 5.19. The van der Waals surface area contributed by atoms with E-state index in [1.807, 2.05) is 0 Å². The van der Waals surface area contributed by atoms with Gasteiger partial charge in [0.1, 0.15) is 0 Å². The molecule has 0 saturated carbocycles. The van der Waals surface area contributed by atoms with Crippen molar-refractivity contribution < 1.29 is 27.5 Å². The molecule has 1 aromatic carbocycles. The summed E-state index contributed by atoms with van der Waals surface area (Å²) in [4.78, 5) is 31.1. The molecule has 2 aliphatic heterocycles. The lowest BCUT2D eigenvalue weighted by molar-refractivity contribution is -0.140. The Morgan fingerprint density at radius 1 is 1.19 bits per heavy atom. The standard InChI is InChI=1S/C21H29F3N4O3/c1-31-12-11-26-7-9-27(10-8-26)19(29)14-18-20(30)25-5-6-28(18)15-16-3-2-4-17(13-16)21(22,23)24/h2-4,13,18H,5-12,14-15H2,1H3,(H,25,30)/t18-/m0/s1. The second-order valence-electron chi connectivity index (χ2n) is 7.89. The summed E-state index contributed by atoms with van der Waals surface area (Å²) in [7, 11) is 1.65. The molecule has 0 bridgehead atoms. The fraction of sp³-hybridized carbons (Fsp3) is 0.619. The van der Waals surface area contributed by atoms with Crippen LogP contribution in [0, 0.1) is 0 Å². The second kappa shape index (κ2) is 10.4. The van der Waals surface area contributed by atoms with E-state index in [4.69, 9.17) is 4.74 Å². The third-order valence-electron chi connectivity index (χ3n) is 5.79. The number of nitrogens with one attached hydrogen (secondary N) is 1. The topological polar surface area (TPSA) is 65.1 Å². The lowest BCUT2D eigenvalue weighted by Crippen LogP contribution is -2.57. The Morgan fingerprint density at radius 3 is 2.61 bits per heavy atom. The van der Waals surface area contributed by atoms with Crippen molar-refractivity contribution in [2.75, 3.05) is 59.5 Å². The lowest BCUT2D eigenvalue weighted by Gasteiger charge is -2.38. The van der Waals surface area contributed by atoms with E-state index in [0.29, 0.717) is 38.3 Å². The molecule has 172 valence electrons. The van der Waals surface area contributed by atoms with Crippen molar-refractivity contribution in [2.24, 2.45) is 0 Å². The van der Waals surface area contributed by atoms with Crippen LogP contribution in [0.3, 0.4) is 0 Å². The SMILES string of the molecule is COCCN1CCN(C(=O)C[C@H]2C(=O)NCCN2Cc2cccc(C(F)(F)F)c2)CC1. The van der Waals surface area contributed by atoms with Crippen LogP contribution in [0.25, 0.3) is 0 Å². The summed E-state index contributed by atoms with van der Waals surface area (Å²) < 4.78 is 44.1. The van der Waals surface area contributed by atoms with Gasteiger partial charge in [0.25, 0.3) is 0 Å². The Labute approximate surface area is 180 Å². The monoisotopic (exact) mass is 442 g/mol. The van der Waals surface area contributed by atoms with Crippen LogP contribution in [0.5, 0.6) is 0 Å². The van der Waals surface area contributed by atoms with Gasteiger partial charge in [-0.25, -0.2) is 0 Å². The van der Waals surface area contributed by atoms with Gasteiger partial charge in [-0.3, -0.25) is 19.4 Å². The fourth-order valence-corrected chi connectivity index (χ4v) is 3.99. The molecular weight excluding hydrogens is 413 g/mol. The molecule has 3 rings (SSSR count). The molecule has 1 N–H and O–H groups in total. The van der Waals surface area contributed by atoms with E-state index in [-0.39, 0.29) is 24.8 Å². The molecule has 0 unspecified atom stereocenters. The molecule has 2 heterocycles. The number of carbonyl (C=O) groups is 2. The first-order chi connectivity index (χ1) is 14.8. The third kappa shape index (κ3) is 6.41. The predicted octanol–water partition coefficient (Wildman–Crippen LogP) is 1.19. The number of benzene rings is 1. The minimum absolute atomic E-state index is 0.0167. The number of hydrogen-bond acceptors (Lipinski definition) is 5. The summed E-state index contributed by atoms with van der Waals surface area (Å²) in [6.07, 6.45) is -4.40. The van der Waals surface area contributed by atoms with Crippen molar-refractivity contribution in [1.29, 1.82) is 0 Å². The first kappa shape index (κ1) is 23.5. The van der Waals surface area contributed by atoms with Crippen LogP contribution in [0.1, 0.15) is 17.5 Å². The zero-order valence-corrected chi connectivity index (χ0v) is 17.7. The van der Waals surface area contributed by atoms with E-state index in [9.17, 15) is 22.8 Å². The van der Waals surface area contributed by atoms with E-state index >= 15 is 0 Å². The second-order valence-corrected chi connectivity index (χ2v) is 7.89. The van der Waals surface area contributed by atoms with Crippen LogP contribution >= 0.6 is 0 Å². The molecule has 1 aromatic rings. The van der Waals surface area contributed by atoms with Crippen molar-refractivity contribution in [3.8, 4) is 0 Å². The molecule has 10 heteroatoms. The minimum atomic E-state index is -4.42. The highest BCUT2D eigenvalue weighted by atomic mass is 19.4. The number of amides is 2. The molecule has 0 spiro atoms. The van der Waals surface area contributed by atoms with Gasteiger partial charge in [0.15, 0.2) is 0 Å². The summed E-state index contributed by atoms with van der Waals surface area (Å²) >= 11 is 0. The van der Waals surface area contributed by atoms with Gasteiger partial charge >= 0.3 is 6.18 Å². The maximum Gasteiger partial charge on any atom is 0.416 e. The van der Waals surface area contributed by atoms with Gasteiger partial charge in [-0.15, -0.1) is 0 Å². The molecule has 2 fully saturated rings. The van der Waals surface area contributed by atoms with Crippen molar-refractivity contribution >= 4 is 11.8 Å². The molecule has 2 saturated heterocycles. The number of halogens is 3. The predicted molar refractivity (Wildman–Crippen MR) is 108 cm³/mol. The van der Waals surface area contributed by atoms with Crippen molar-refractivity contribution in [3.63, 3.8) is 0 Å². The van der Waals surface area contributed by atoms with Crippen LogP contribution < -0.4 is 5.32 Å². The van der Waals surface area contributed by atoms with Gasteiger partial charge in [0.05, 0.1) is 24.6 Å². The minimum Gasteiger partial charge on any atom is -0.383 e. The van der Waals surface area contributed by atoms with Gasteiger partial charge < -0.3 is 15.0 Å². The van der Waals surface area contributed by atoms with Gasteiger partial charge in [-0.1, -0.05) is 18.2 Å². The number of alkyl halides is 3. The third-order valence-corrected chi connectivity index (χ3v) is 5.79. The average molecular weight is 442 g/mol. The van der Waals surface area contributed by atoms with Crippen LogP contribution in [0.2, 0.25) is 0 Å². The van der Waals surface area contributed by atoms with Crippen LogP contribution in [-0.2, 0) is 27.0 Å². The van der Waals surface area contributed by atoms with E-state index in [1.165, 1.54) is 6.07 Å². The van der Waals surface area contributed by atoms with E-state index in [2.05, 4.69) is 10.2 Å². The Balaban J connectivity index is 1.61. The van der Waals surface area contributed by atoms with Gasteiger partial charge in [-0.05, 0) is 11.6 Å². The Kier molecular flexibility index (Phi) is 7.90. The summed E-state index contributed by atoms with van der Waals surface area (Å²) in [5.74, 6) is -0.368. The number of methoxy groups -OCH3 is 1. The highest BCUT2D eigenvalue weighted by molar-refractivity contribution is 5.88. The smallest absolute Gasteiger partial charge is 0.383 e. The first-order valence-corrected chi connectivity index (χ1v) is 10.4. The Hall–Kier alpha value is -2.17. The molecule has 0 radical (unpaired) electrons. The van der Waals surface area contributed by atoms with Crippen LogP contribution in [-0.4, -0.2) is 92.1 Å². The number of hydrogen-bond donors (Lipinski definition) is 1. The molecule has 2 aliphatic rings. The zero-order chi connectivity index (χ0) is 22.4. The van der Waals surface area contributed by atoms with E-state index < -0.39 is 17.8 Å². The number of carbonyl (C=O) groups excluding carboxylic acids is 2. The van der Waals surface area contributed by atoms with Crippen molar-refractivity contribution in [3.05, 3.63) is 35.4 Å². The highest BCUT2D eigenvalue weighted by Crippen LogP contribution is 2.30. The number of nitrogens with zero attached hydrogens (tertiary/aromatic N) is 3. The fourth-order valence-electron chi connectivity index (χ4n) is 3.99. The molecule has 2 amide bonds. The number of piperazine rings is 2. The molecule has 0 aliphatic carbocycles. The highest BCUT2D eigenvalue weighted by Gasteiger charge is 2.34. The zero-order valence-electron chi connectivity index (χ0n) is 17.7. The summed E-state index contributed by atoms with van der Waals surface area (Å²) in [5, 5.41) is 2.77. The van der Waals surface area contributed by atoms with Gasteiger partial charge in [-0.2, -0.15) is 13.2 Å². The molecule has 7 nitrogen and oxygen atoms in total. The van der Waals surface area contributed by atoms with Crippen LogP contribution in [0.15, 0.2) is 24.3 Å². The Bertz CT molecular complexity index is 766. The Morgan fingerprint density at radius 2 is 1.94 bits per heavy atom. The molecular formula is C21H29F3N4O3. The van der Waals surface area contributed by atoms with E-state index in [0.717, 1.165) is 31.8 Å².